The van der Waals surface area contributed by atoms with Gasteiger partial charge in [-0.1, -0.05) is 0 Å². The van der Waals surface area contributed by atoms with Gasteiger partial charge >= 0.3 is 0 Å². The molecular weight excluding hydrogens is 236 g/mol. The monoisotopic (exact) mass is 252 g/mol. The van der Waals surface area contributed by atoms with E-state index in [2.05, 4.69) is 4.98 Å². The van der Waals surface area contributed by atoms with E-state index in [0.29, 0.717) is 5.69 Å². The molecule has 4 nitrogen and oxygen atoms in total. The summed E-state index contributed by atoms with van der Waals surface area (Å²) >= 11 is 1.51. The summed E-state index contributed by atoms with van der Waals surface area (Å²) in [4.78, 5) is 18.6. The second kappa shape index (κ2) is 4.07. The Bertz CT molecular complexity index is 431. The molecule has 1 aromatic heterocycles. The molecule has 5 heteroatoms. The van der Waals surface area contributed by atoms with Crippen molar-refractivity contribution in [1.82, 2.24) is 9.88 Å². The van der Waals surface area contributed by atoms with Crippen LogP contribution in [-0.2, 0) is 0 Å². The number of rotatable bonds is 1. The number of fused-ring (bicyclic) bond motifs is 2. The van der Waals surface area contributed by atoms with Crippen molar-refractivity contribution >= 4 is 17.2 Å². The minimum Gasteiger partial charge on any atom is -0.393 e. The van der Waals surface area contributed by atoms with Crippen LogP contribution in [0.5, 0.6) is 0 Å². The van der Waals surface area contributed by atoms with E-state index in [1.807, 2.05) is 17.2 Å². The van der Waals surface area contributed by atoms with Crippen LogP contribution in [0.4, 0.5) is 0 Å². The summed E-state index contributed by atoms with van der Waals surface area (Å²) in [6.07, 6.45) is 3.28. The van der Waals surface area contributed by atoms with Gasteiger partial charge < -0.3 is 10.0 Å². The molecular formula is C12H16N2O2S. The van der Waals surface area contributed by atoms with E-state index in [1.165, 1.54) is 11.3 Å². The number of carbonyl (C=O) groups excluding carboxylic acids is 1. The summed E-state index contributed by atoms with van der Waals surface area (Å²) in [5, 5.41) is 12.5. The van der Waals surface area contributed by atoms with Gasteiger partial charge in [-0.3, -0.25) is 4.79 Å². The van der Waals surface area contributed by atoms with Crippen molar-refractivity contribution in [3.63, 3.8) is 0 Å². The van der Waals surface area contributed by atoms with Crippen LogP contribution < -0.4 is 0 Å². The van der Waals surface area contributed by atoms with E-state index < -0.39 is 0 Å². The first-order valence-corrected chi connectivity index (χ1v) is 6.96. The molecule has 3 heterocycles. The quantitative estimate of drug-likeness (QED) is 0.825. The number of aliphatic hydroxyl groups excluding tert-OH is 1. The molecule has 0 spiro atoms. The Labute approximate surface area is 104 Å². The third-order valence-corrected chi connectivity index (χ3v) is 4.55. The predicted molar refractivity (Wildman–Crippen MR) is 65.1 cm³/mol. The number of aliphatic hydroxyl groups is 1. The van der Waals surface area contributed by atoms with Gasteiger partial charge in [0, 0.05) is 17.5 Å². The number of amides is 1. The number of aryl methyl sites for hydroxylation is 1. The topological polar surface area (TPSA) is 53.4 Å². The van der Waals surface area contributed by atoms with Gasteiger partial charge in [-0.2, -0.15) is 0 Å². The van der Waals surface area contributed by atoms with Gasteiger partial charge in [-0.25, -0.2) is 4.98 Å². The maximum atomic E-state index is 12.4. The first-order chi connectivity index (χ1) is 8.15. The van der Waals surface area contributed by atoms with Gasteiger partial charge in [-0.15, -0.1) is 11.3 Å². The number of aromatic nitrogens is 1. The van der Waals surface area contributed by atoms with Gasteiger partial charge in [-0.05, 0) is 32.6 Å². The molecule has 92 valence electrons. The van der Waals surface area contributed by atoms with E-state index in [1.54, 1.807) is 0 Å². The molecule has 1 amide bonds. The van der Waals surface area contributed by atoms with Crippen LogP contribution in [0.3, 0.4) is 0 Å². The number of nitrogens with zero attached hydrogens (tertiary/aromatic N) is 2. The average Bonchev–Trinajstić information content (AvgIpc) is 2.81. The predicted octanol–water partition coefficient (Wildman–Crippen LogP) is 1.58. The van der Waals surface area contributed by atoms with Crippen LogP contribution >= 0.6 is 11.3 Å². The molecule has 1 aromatic rings. The van der Waals surface area contributed by atoms with Gasteiger partial charge in [0.15, 0.2) is 0 Å². The molecule has 2 unspecified atom stereocenters. The largest absolute Gasteiger partial charge is 0.393 e. The molecule has 17 heavy (non-hydrogen) atoms. The zero-order valence-electron chi connectivity index (χ0n) is 9.80. The standard InChI is InChI=1S/C12H16N2O2S/c1-7-13-11(6-17-7)12(16)14-8-2-3-9(14)5-10(15)4-8/h6,8-10,15H,2-5H2,1H3. The molecule has 0 aromatic carbocycles. The first kappa shape index (κ1) is 11.2. The van der Waals surface area contributed by atoms with Crippen LogP contribution in [-0.4, -0.2) is 39.1 Å². The number of piperidine rings is 1. The molecule has 0 saturated carbocycles. The fraction of sp³-hybridized carbons (Fsp3) is 0.667. The minimum atomic E-state index is -0.228. The zero-order chi connectivity index (χ0) is 12.0. The van der Waals surface area contributed by atoms with Crippen molar-refractivity contribution in [3.8, 4) is 0 Å². The molecule has 2 atom stereocenters. The summed E-state index contributed by atoms with van der Waals surface area (Å²) in [5.41, 5.74) is 0.570. The summed E-state index contributed by atoms with van der Waals surface area (Å²) in [7, 11) is 0. The Morgan fingerprint density at radius 1 is 1.47 bits per heavy atom. The SMILES string of the molecule is Cc1nc(C(=O)N2C3CCC2CC(O)C3)cs1. The molecule has 0 radical (unpaired) electrons. The van der Waals surface area contributed by atoms with Crippen LogP contribution in [0.1, 0.15) is 41.2 Å². The highest BCUT2D eigenvalue weighted by Gasteiger charge is 2.43. The maximum Gasteiger partial charge on any atom is 0.273 e. The van der Waals surface area contributed by atoms with Crippen molar-refractivity contribution in [2.24, 2.45) is 0 Å². The highest BCUT2D eigenvalue weighted by molar-refractivity contribution is 7.09. The Morgan fingerprint density at radius 2 is 2.12 bits per heavy atom. The van der Waals surface area contributed by atoms with Crippen LogP contribution in [0.2, 0.25) is 0 Å². The number of carbonyl (C=O) groups is 1. The fourth-order valence-corrected chi connectivity index (χ4v) is 3.66. The van der Waals surface area contributed by atoms with Gasteiger partial charge in [0.2, 0.25) is 0 Å². The van der Waals surface area contributed by atoms with Gasteiger partial charge in [0.05, 0.1) is 11.1 Å². The third kappa shape index (κ3) is 1.87. The smallest absolute Gasteiger partial charge is 0.273 e. The van der Waals surface area contributed by atoms with Gasteiger partial charge in [0.25, 0.3) is 5.91 Å². The van der Waals surface area contributed by atoms with E-state index in [-0.39, 0.29) is 24.1 Å². The minimum absolute atomic E-state index is 0.0498. The van der Waals surface area contributed by atoms with Crippen molar-refractivity contribution in [2.45, 2.75) is 50.8 Å². The van der Waals surface area contributed by atoms with E-state index in [0.717, 1.165) is 30.7 Å². The lowest BCUT2D eigenvalue weighted by molar-refractivity contribution is 0.0283. The van der Waals surface area contributed by atoms with Gasteiger partial charge in [0.1, 0.15) is 5.69 Å². The van der Waals surface area contributed by atoms with Crippen molar-refractivity contribution in [3.05, 3.63) is 16.1 Å². The fourth-order valence-electron chi connectivity index (χ4n) is 3.07. The Morgan fingerprint density at radius 3 is 2.65 bits per heavy atom. The highest BCUT2D eigenvalue weighted by atomic mass is 32.1. The number of hydrogen-bond donors (Lipinski definition) is 1. The Hall–Kier alpha value is -0.940. The Balaban J connectivity index is 1.83. The van der Waals surface area contributed by atoms with Crippen LogP contribution in [0, 0.1) is 6.92 Å². The second-order valence-electron chi connectivity index (χ2n) is 4.97. The molecule has 2 fully saturated rings. The lowest BCUT2D eigenvalue weighted by atomic mass is 9.99. The first-order valence-electron chi connectivity index (χ1n) is 6.08. The van der Waals surface area contributed by atoms with Crippen LogP contribution in [0.25, 0.3) is 0 Å². The van der Waals surface area contributed by atoms with Crippen molar-refractivity contribution < 1.29 is 9.90 Å². The molecule has 0 aliphatic carbocycles. The average molecular weight is 252 g/mol. The van der Waals surface area contributed by atoms with Crippen molar-refractivity contribution in [1.29, 1.82) is 0 Å². The second-order valence-corrected chi connectivity index (χ2v) is 6.04. The lowest BCUT2D eigenvalue weighted by Crippen LogP contribution is -2.48. The van der Waals surface area contributed by atoms with E-state index >= 15 is 0 Å². The molecule has 2 aliphatic rings. The van der Waals surface area contributed by atoms with E-state index in [9.17, 15) is 9.90 Å². The summed E-state index contributed by atoms with van der Waals surface area (Å²) in [6.45, 7) is 1.91. The molecule has 2 saturated heterocycles. The zero-order valence-corrected chi connectivity index (χ0v) is 10.6. The van der Waals surface area contributed by atoms with Crippen molar-refractivity contribution in [2.75, 3.05) is 0 Å². The maximum absolute atomic E-state index is 12.4. The number of thiazole rings is 1. The molecule has 1 N–H and O–H groups in total. The highest BCUT2D eigenvalue weighted by Crippen LogP contribution is 2.36. The number of hydrogen-bond acceptors (Lipinski definition) is 4. The normalized spacial score (nSPS) is 31.9. The summed E-state index contributed by atoms with van der Waals surface area (Å²) in [5.74, 6) is 0.0498. The van der Waals surface area contributed by atoms with E-state index in [4.69, 9.17) is 0 Å². The lowest BCUT2D eigenvalue weighted by Gasteiger charge is -2.36. The molecule has 3 rings (SSSR count). The summed E-state index contributed by atoms with van der Waals surface area (Å²) < 4.78 is 0. The van der Waals surface area contributed by atoms with Crippen LogP contribution in [0.15, 0.2) is 5.38 Å². The molecule has 2 bridgehead atoms. The Kier molecular flexibility index (Phi) is 2.67. The third-order valence-electron chi connectivity index (χ3n) is 3.78. The summed E-state index contributed by atoms with van der Waals surface area (Å²) in [6, 6.07) is 0.441. The molecule has 2 aliphatic heterocycles.